The van der Waals surface area contributed by atoms with E-state index in [9.17, 15) is 0 Å². The Kier molecular flexibility index (Phi) is 8.00. The molecule has 4 heterocycles. The maximum Gasteiger partial charge on any atom is 0.160 e. The van der Waals surface area contributed by atoms with Crippen molar-refractivity contribution in [3.8, 4) is 67.3 Å². The van der Waals surface area contributed by atoms with Gasteiger partial charge in [0.05, 0.1) is 16.9 Å². The van der Waals surface area contributed by atoms with Gasteiger partial charge in [-0.1, -0.05) is 158 Å². The summed E-state index contributed by atoms with van der Waals surface area (Å²) in [6.07, 6.45) is 1.85. The highest BCUT2D eigenvalue weighted by molar-refractivity contribution is 7.25. The number of nitrogens with zero attached hydrogens (tertiary/aromatic N) is 3. The summed E-state index contributed by atoms with van der Waals surface area (Å²) in [6, 6.07) is 68.2. The van der Waals surface area contributed by atoms with E-state index in [2.05, 4.69) is 169 Å². The van der Waals surface area contributed by atoms with Crippen molar-refractivity contribution in [2.24, 2.45) is 0 Å². The van der Waals surface area contributed by atoms with E-state index in [1.807, 2.05) is 47.9 Å². The fourth-order valence-electron chi connectivity index (χ4n) is 8.72. The molecule has 0 aliphatic heterocycles. The first-order valence-electron chi connectivity index (χ1n) is 20.1. The third-order valence-electron chi connectivity index (χ3n) is 11.6. The highest BCUT2D eigenvalue weighted by Gasteiger charge is 2.20. The van der Waals surface area contributed by atoms with Gasteiger partial charge in [-0.3, -0.25) is 4.98 Å². The van der Waals surface area contributed by atoms with Gasteiger partial charge in [0.1, 0.15) is 11.2 Å². The third-order valence-corrected chi connectivity index (χ3v) is 12.7. The molecule has 60 heavy (non-hydrogen) atoms. The van der Waals surface area contributed by atoms with E-state index in [-0.39, 0.29) is 0 Å². The maximum atomic E-state index is 6.76. The Balaban J connectivity index is 0.956. The van der Waals surface area contributed by atoms with Gasteiger partial charge in [-0.25, -0.2) is 9.97 Å². The van der Waals surface area contributed by atoms with Crippen LogP contribution in [0.4, 0.5) is 0 Å². The molecule has 8 aromatic carbocycles. The van der Waals surface area contributed by atoms with Crippen molar-refractivity contribution in [2.45, 2.75) is 0 Å². The van der Waals surface area contributed by atoms with Crippen molar-refractivity contribution in [3.63, 3.8) is 0 Å². The van der Waals surface area contributed by atoms with E-state index >= 15 is 0 Å². The van der Waals surface area contributed by atoms with Gasteiger partial charge in [-0.15, -0.1) is 11.3 Å². The summed E-state index contributed by atoms with van der Waals surface area (Å²) in [5.74, 6) is 0.672. The van der Waals surface area contributed by atoms with Crippen LogP contribution in [0, 0.1) is 0 Å². The van der Waals surface area contributed by atoms with Gasteiger partial charge >= 0.3 is 0 Å². The minimum absolute atomic E-state index is 0.672. The number of benzene rings is 8. The average molecular weight is 784 g/mol. The Morgan fingerprint density at radius 1 is 0.400 bits per heavy atom. The van der Waals surface area contributed by atoms with Crippen LogP contribution in [-0.4, -0.2) is 15.0 Å². The quantitative estimate of drug-likeness (QED) is 0.169. The van der Waals surface area contributed by atoms with Crippen LogP contribution >= 0.6 is 11.3 Å². The summed E-state index contributed by atoms with van der Waals surface area (Å²) in [7, 11) is 0. The number of fused-ring (bicyclic) bond motifs is 7. The molecule has 0 unspecified atom stereocenters. The van der Waals surface area contributed by atoms with Crippen LogP contribution in [-0.2, 0) is 0 Å². The molecule has 0 fully saturated rings. The Labute approximate surface area is 349 Å². The third kappa shape index (κ3) is 5.70. The molecule has 4 aromatic heterocycles. The molecule has 0 N–H and O–H groups in total. The number of furan rings is 1. The number of thiophene rings is 1. The minimum Gasteiger partial charge on any atom is -0.455 e. The molecule has 0 saturated heterocycles. The SMILES string of the molecule is c1ccc(-c2cc(-c3ccc(-c4ccc(-c5cccc6sc7ccccc7c56)c5c4oc4ccccc45)cc3)nc(-c3ccc(-c4cccc5cccnc45)cc3)n2)cc1. The first kappa shape index (κ1) is 34.3. The summed E-state index contributed by atoms with van der Waals surface area (Å²) >= 11 is 1.85. The zero-order valence-corrected chi connectivity index (χ0v) is 33.0. The molecule has 0 bridgehead atoms. The minimum atomic E-state index is 0.672. The lowest BCUT2D eigenvalue weighted by Crippen LogP contribution is -1.96. The second-order valence-electron chi connectivity index (χ2n) is 15.1. The second kappa shape index (κ2) is 14.0. The highest BCUT2D eigenvalue weighted by Crippen LogP contribution is 2.46. The Hall–Kier alpha value is -7.73. The summed E-state index contributed by atoms with van der Waals surface area (Å²) in [6.45, 7) is 0. The number of aromatic nitrogens is 3. The van der Waals surface area contributed by atoms with E-state index in [0.29, 0.717) is 5.82 Å². The van der Waals surface area contributed by atoms with Crippen molar-refractivity contribution < 1.29 is 4.42 Å². The van der Waals surface area contributed by atoms with Gasteiger partial charge < -0.3 is 4.42 Å². The molecule has 0 atom stereocenters. The molecule has 0 aliphatic rings. The molecule has 5 heteroatoms. The number of hydrogen-bond acceptors (Lipinski definition) is 5. The lowest BCUT2D eigenvalue weighted by atomic mass is 9.92. The van der Waals surface area contributed by atoms with Gasteiger partial charge in [-0.05, 0) is 58.7 Å². The van der Waals surface area contributed by atoms with Crippen molar-refractivity contribution >= 4 is 64.4 Å². The van der Waals surface area contributed by atoms with E-state index < -0.39 is 0 Å². The summed E-state index contributed by atoms with van der Waals surface area (Å²) in [5, 5.41) is 5.94. The smallest absolute Gasteiger partial charge is 0.160 e. The van der Waals surface area contributed by atoms with Crippen LogP contribution in [0.1, 0.15) is 0 Å². The predicted molar refractivity (Wildman–Crippen MR) is 250 cm³/mol. The molecule has 280 valence electrons. The lowest BCUT2D eigenvalue weighted by Gasteiger charge is -2.12. The standard InChI is InChI=1S/C55H33N3OS/c1-2-11-36(12-3-1)46-33-47(58-55(57-46)39-28-24-34(25-29-39)40-17-8-13-38-14-10-32-56-53(38)40)37-26-22-35(23-27-37)41-30-31-43(52-44-15-4-6-19-48(44)59-54(41)52)42-18-9-21-50-51(42)45-16-5-7-20-49(45)60-50/h1-33H. The Bertz CT molecular complexity index is 3580. The molecule has 4 nitrogen and oxygen atoms in total. The topological polar surface area (TPSA) is 51.8 Å². The highest BCUT2D eigenvalue weighted by atomic mass is 32.1. The molecule has 0 spiro atoms. The summed E-state index contributed by atoms with van der Waals surface area (Å²) < 4.78 is 9.34. The van der Waals surface area contributed by atoms with Crippen LogP contribution in [0.15, 0.2) is 205 Å². The molecule has 12 aromatic rings. The number of hydrogen-bond donors (Lipinski definition) is 0. The van der Waals surface area contributed by atoms with Crippen LogP contribution in [0.2, 0.25) is 0 Å². The van der Waals surface area contributed by atoms with Crippen LogP contribution in [0.5, 0.6) is 0 Å². The van der Waals surface area contributed by atoms with Crippen LogP contribution < -0.4 is 0 Å². The van der Waals surface area contributed by atoms with Gasteiger partial charge in [0.15, 0.2) is 5.82 Å². The first-order chi connectivity index (χ1) is 29.7. The first-order valence-corrected chi connectivity index (χ1v) is 20.9. The Morgan fingerprint density at radius 2 is 1.00 bits per heavy atom. The number of rotatable bonds is 6. The van der Waals surface area contributed by atoms with Gasteiger partial charge in [-0.2, -0.15) is 0 Å². The van der Waals surface area contributed by atoms with E-state index in [1.165, 1.54) is 31.3 Å². The lowest BCUT2D eigenvalue weighted by molar-refractivity contribution is 0.670. The summed E-state index contributed by atoms with van der Waals surface area (Å²) in [4.78, 5) is 15.0. The monoisotopic (exact) mass is 783 g/mol. The van der Waals surface area contributed by atoms with Crippen LogP contribution in [0.3, 0.4) is 0 Å². The van der Waals surface area contributed by atoms with Crippen molar-refractivity contribution in [3.05, 3.63) is 200 Å². The normalized spacial score (nSPS) is 11.7. The largest absolute Gasteiger partial charge is 0.455 e. The van der Waals surface area contributed by atoms with Crippen molar-refractivity contribution in [2.75, 3.05) is 0 Å². The molecule has 0 saturated carbocycles. The molecule has 0 aliphatic carbocycles. The van der Waals surface area contributed by atoms with Crippen molar-refractivity contribution in [1.29, 1.82) is 0 Å². The average Bonchev–Trinajstić information content (AvgIpc) is 3.91. The van der Waals surface area contributed by atoms with E-state index in [1.54, 1.807) is 0 Å². The molecule has 0 amide bonds. The zero-order valence-electron chi connectivity index (χ0n) is 32.2. The number of pyridine rings is 1. The van der Waals surface area contributed by atoms with E-state index in [4.69, 9.17) is 14.4 Å². The Morgan fingerprint density at radius 3 is 1.83 bits per heavy atom. The molecular weight excluding hydrogens is 751 g/mol. The predicted octanol–water partition coefficient (Wildman–Crippen LogP) is 15.3. The van der Waals surface area contributed by atoms with Gasteiger partial charge in [0, 0.05) is 70.3 Å². The molecule has 12 rings (SSSR count). The second-order valence-corrected chi connectivity index (χ2v) is 16.2. The molecule has 0 radical (unpaired) electrons. The van der Waals surface area contributed by atoms with Crippen molar-refractivity contribution in [1.82, 2.24) is 15.0 Å². The number of para-hydroxylation sites is 2. The zero-order chi connectivity index (χ0) is 39.6. The summed E-state index contributed by atoms with van der Waals surface area (Å²) in [5.41, 5.74) is 14.2. The van der Waals surface area contributed by atoms with Gasteiger partial charge in [0.2, 0.25) is 0 Å². The van der Waals surface area contributed by atoms with Crippen LogP contribution in [0.25, 0.3) is 120 Å². The molecular formula is C55H33N3OS. The fraction of sp³-hybridized carbons (Fsp3) is 0. The maximum absolute atomic E-state index is 6.76. The fourth-order valence-corrected chi connectivity index (χ4v) is 9.85. The van der Waals surface area contributed by atoms with Gasteiger partial charge in [0.25, 0.3) is 0 Å². The van der Waals surface area contributed by atoms with E-state index in [0.717, 1.165) is 83.2 Å².